The van der Waals surface area contributed by atoms with Crippen LogP contribution in [0.25, 0.3) is 33.3 Å². The van der Waals surface area contributed by atoms with E-state index in [1.54, 1.807) is 6.07 Å². The smallest absolute Gasteiger partial charge is 0.255 e. The van der Waals surface area contributed by atoms with Crippen LogP contribution in [0.5, 0.6) is 0 Å². The van der Waals surface area contributed by atoms with Gasteiger partial charge in [-0.1, -0.05) is 18.2 Å². The second-order valence-corrected chi connectivity index (χ2v) is 11.1. The van der Waals surface area contributed by atoms with Crippen molar-refractivity contribution in [3.8, 4) is 22.4 Å². The van der Waals surface area contributed by atoms with Gasteiger partial charge in [0.1, 0.15) is 0 Å². The van der Waals surface area contributed by atoms with E-state index in [2.05, 4.69) is 85.9 Å². The van der Waals surface area contributed by atoms with Gasteiger partial charge in [0.15, 0.2) is 0 Å². The van der Waals surface area contributed by atoms with Crippen LogP contribution in [0.1, 0.15) is 38.8 Å². The number of nitrogens with one attached hydrogen (secondary N) is 1. The van der Waals surface area contributed by atoms with Crippen LogP contribution in [-0.4, -0.2) is 44.6 Å². The fourth-order valence-electron chi connectivity index (χ4n) is 6.02. The van der Waals surface area contributed by atoms with Gasteiger partial charge in [0.05, 0.1) is 17.8 Å². The average molecular weight is 468 g/mol. The lowest BCUT2D eigenvalue weighted by Gasteiger charge is -2.35. The van der Waals surface area contributed by atoms with Crippen LogP contribution in [0.15, 0.2) is 53.5 Å². The molecule has 0 atom stereocenters. The van der Waals surface area contributed by atoms with E-state index < -0.39 is 0 Å². The summed E-state index contributed by atoms with van der Waals surface area (Å²) in [5, 5.41) is 1.09. The first-order valence-electron chi connectivity index (χ1n) is 12.5. The predicted molar refractivity (Wildman–Crippen MR) is 143 cm³/mol. The molecule has 2 aliphatic heterocycles. The predicted octanol–water partition coefficient (Wildman–Crippen LogP) is 5.05. The van der Waals surface area contributed by atoms with Crippen molar-refractivity contribution in [1.82, 2.24) is 19.4 Å². The van der Waals surface area contributed by atoms with Crippen LogP contribution >= 0.6 is 0 Å². The molecule has 0 fully saturated rings. The van der Waals surface area contributed by atoms with E-state index in [1.807, 2.05) is 10.8 Å². The number of aromatic amines is 1. The van der Waals surface area contributed by atoms with E-state index in [9.17, 15) is 4.79 Å². The number of hydrogen-bond acceptors (Lipinski definition) is 4. The maximum absolute atomic E-state index is 13.2. The van der Waals surface area contributed by atoms with Gasteiger partial charge in [-0.3, -0.25) is 9.36 Å². The molecule has 4 aromatic rings. The number of hydrogen-bond donors (Lipinski definition) is 1. The van der Waals surface area contributed by atoms with Gasteiger partial charge in [0, 0.05) is 47.9 Å². The highest BCUT2D eigenvalue weighted by atomic mass is 16.1. The summed E-state index contributed by atoms with van der Waals surface area (Å²) in [6, 6.07) is 15.3. The molecular weight excluding hydrogens is 434 g/mol. The number of benzene rings is 2. The average Bonchev–Trinajstić information content (AvgIpc) is 3.35. The maximum atomic E-state index is 13.2. The Morgan fingerprint density at radius 2 is 1.80 bits per heavy atom. The van der Waals surface area contributed by atoms with Gasteiger partial charge in [-0.2, -0.15) is 0 Å². The molecule has 0 saturated carbocycles. The van der Waals surface area contributed by atoms with Gasteiger partial charge in [0.25, 0.3) is 5.56 Å². The van der Waals surface area contributed by atoms with Gasteiger partial charge in [-0.15, -0.1) is 0 Å². The fourth-order valence-corrected chi connectivity index (χ4v) is 6.02. The first-order chi connectivity index (χ1) is 16.7. The standard InChI is InChI=1S/C29H33N5O/c1-18(2)34-28-31-26(14-27(35)33(28)17-29(34,3)4)24-15-30-25-9-8-21(13-23(24)25)20-7-6-19-10-11-32(5)16-22(19)12-20/h6-9,12-15,18,30H,10-11,16-17H2,1-5H3. The molecule has 4 heterocycles. The van der Waals surface area contributed by atoms with Crippen molar-refractivity contribution < 1.29 is 0 Å². The largest absolute Gasteiger partial charge is 0.360 e. The molecule has 6 nitrogen and oxygen atoms in total. The molecule has 0 aliphatic carbocycles. The molecule has 6 rings (SSSR count). The van der Waals surface area contributed by atoms with E-state index in [0.717, 1.165) is 47.6 Å². The number of H-pyrrole nitrogens is 1. The van der Waals surface area contributed by atoms with Crippen molar-refractivity contribution >= 4 is 16.9 Å². The summed E-state index contributed by atoms with van der Waals surface area (Å²) in [6.07, 6.45) is 3.09. The first kappa shape index (κ1) is 22.1. The number of aromatic nitrogens is 3. The molecule has 0 unspecified atom stereocenters. The molecule has 0 radical (unpaired) electrons. The number of likely N-dealkylation sites (N-methyl/N-ethyl adjacent to an activating group) is 1. The molecule has 1 N–H and O–H groups in total. The summed E-state index contributed by atoms with van der Waals surface area (Å²) in [4.78, 5) is 26.2. The molecule has 6 heteroatoms. The minimum Gasteiger partial charge on any atom is -0.360 e. The zero-order valence-electron chi connectivity index (χ0n) is 21.2. The number of rotatable bonds is 3. The van der Waals surface area contributed by atoms with Gasteiger partial charge < -0.3 is 14.8 Å². The Morgan fingerprint density at radius 3 is 2.60 bits per heavy atom. The van der Waals surface area contributed by atoms with Crippen molar-refractivity contribution in [3.63, 3.8) is 0 Å². The third-order valence-electron chi connectivity index (χ3n) is 7.62. The minimum atomic E-state index is -0.153. The highest BCUT2D eigenvalue weighted by Gasteiger charge is 2.39. The summed E-state index contributed by atoms with van der Waals surface area (Å²) in [6.45, 7) is 11.4. The van der Waals surface area contributed by atoms with Crippen molar-refractivity contribution in [2.45, 2.75) is 58.8 Å². The zero-order valence-corrected chi connectivity index (χ0v) is 21.2. The van der Waals surface area contributed by atoms with Crippen LogP contribution in [0.3, 0.4) is 0 Å². The normalized spacial score (nSPS) is 17.3. The lowest BCUT2D eigenvalue weighted by atomic mass is 9.94. The van der Waals surface area contributed by atoms with Crippen LogP contribution in [-0.2, 0) is 19.5 Å². The molecule has 180 valence electrons. The molecule has 0 saturated heterocycles. The fraction of sp³-hybridized carbons (Fsp3) is 0.379. The van der Waals surface area contributed by atoms with Gasteiger partial charge >= 0.3 is 0 Å². The molecule has 0 amide bonds. The monoisotopic (exact) mass is 467 g/mol. The Bertz CT molecular complexity index is 1510. The molecule has 0 bridgehead atoms. The van der Waals surface area contributed by atoms with Crippen molar-refractivity contribution in [1.29, 1.82) is 0 Å². The number of anilines is 1. The van der Waals surface area contributed by atoms with Gasteiger partial charge in [-0.25, -0.2) is 4.98 Å². The molecular formula is C29H33N5O. The van der Waals surface area contributed by atoms with Crippen LogP contribution in [0.4, 0.5) is 5.95 Å². The third-order valence-corrected chi connectivity index (χ3v) is 7.62. The van der Waals surface area contributed by atoms with Crippen molar-refractivity contribution in [3.05, 3.63) is 70.1 Å². The lowest BCUT2D eigenvalue weighted by molar-refractivity contribution is 0.313. The Balaban J connectivity index is 1.45. The minimum absolute atomic E-state index is 0.00513. The lowest BCUT2D eigenvalue weighted by Crippen LogP contribution is -2.45. The van der Waals surface area contributed by atoms with E-state index in [-0.39, 0.29) is 17.1 Å². The molecule has 0 spiro atoms. The molecule has 35 heavy (non-hydrogen) atoms. The summed E-state index contributed by atoms with van der Waals surface area (Å²) in [5.74, 6) is 0.761. The Kier molecular flexibility index (Phi) is 4.94. The first-order valence-corrected chi connectivity index (χ1v) is 12.5. The number of fused-ring (bicyclic) bond motifs is 3. The Labute approximate surface area is 206 Å². The third kappa shape index (κ3) is 3.59. The summed E-state index contributed by atoms with van der Waals surface area (Å²) in [7, 11) is 2.18. The van der Waals surface area contributed by atoms with Crippen molar-refractivity contribution in [2.75, 3.05) is 18.5 Å². The highest BCUT2D eigenvalue weighted by molar-refractivity contribution is 5.97. The quantitative estimate of drug-likeness (QED) is 0.458. The summed E-state index contributed by atoms with van der Waals surface area (Å²) >= 11 is 0. The van der Waals surface area contributed by atoms with Gasteiger partial charge in [0.2, 0.25) is 5.95 Å². The van der Waals surface area contributed by atoms with Crippen LogP contribution < -0.4 is 10.5 Å². The van der Waals surface area contributed by atoms with E-state index in [0.29, 0.717) is 6.54 Å². The molecule has 2 aromatic heterocycles. The Hall–Kier alpha value is -3.38. The summed E-state index contributed by atoms with van der Waals surface area (Å²) < 4.78 is 1.81. The van der Waals surface area contributed by atoms with Crippen LogP contribution in [0.2, 0.25) is 0 Å². The SMILES string of the molecule is CC(C)N1c2nc(-c3c[nH]c4ccc(-c5ccc6c(c5)CN(C)CC6)cc34)cc(=O)n2CC1(C)C. The molecule has 2 aliphatic rings. The maximum Gasteiger partial charge on any atom is 0.255 e. The van der Waals surface area contributed by atoms with Crippen molar-refractivity contribution in [2.24, 2.45) is 0 Å². The van der Waals surface area contributed by atoms with Crippen LogP contribution in [0, 0.1) is 0 Å². The highest BCUT2D eigenvalue weighted by Crippen LogP contribution is 2.36. The Morgan fingerprint density at radius 1 is 1.03 bits per heavy atom. The zero-order chi connectivity index (χ0) is 24.5. The van der Waals surface area contributed by atoms with E-state index in [1.165, 1.54) is 22.3 Å². The summed E-state index contributed by atoms with van der Waals surface area (Å²) in [5.41, 5.74) is 7.86. The van der Waals surface area contributed by atoms with E-state index >= 15 is 0 Å². The second kappa shape index (κ2) is 7.82. The van der Waals surface area contributed by atoms with Gasteiger partial charge in [-0.05, 0) is 81.6 Å². The number of nitrogens with zero attached hydrogens (tertiary/aromatic N) is 4. The topological polar surface area (TPSA) is 57.2 Å². The second-order valence-electron chi connectivity index (χ2n) is 11.1. The molecule has 2 aromatic carbocycles. The van der Waals surface area contributed by atoms with E-state index in [4.69, 9.17) is 4.98 Å².